The van der Waals surface area contributed by atoms with E-state index in [-0.39, 0.29) is 0 Å². The molecule has 0 spiro atoms. The maximum atomic E-state index is 14.3. The second-order valence-electron chi connectivity index (χ2n) is 5.85. The van der Waals surface area contributed by atoms with Crippen molar-refractivity contribution in [3.05, 3.63) is 102 Å². The Labute approximate surface area is 159 Å². The summed E-state index contributed by atoms with van der Waals surface area (Å²) in [6.45, 7) is 1.71. The van der Waals surface area contributed by atoms with E-state index in [2.05, 4.69) is 10.3 Å². The van der Waals surface area contributed by atoms with Crippen LogP contribution in [0.2, 0.25) is 0 Å². The van der Waals surface area contributed by atoms with Crippen LogP contribution in [-0.2, 0) is 0 Å². The fourth-order valence-electron chi connectivity index (χ4n) is 2.48. The smallest absolute Gasteiger partial charge is 0.159 e. The first-order chi connectivity index (χ1) is 13.5. The summed E-state index contributed by atoms with van der Waals surface area (Å²) >= 11 is 0. The van der Waals surface area contributed by atoms with E-state index in [0.717, 1.165) is 34.8 Å². The molecule has 0 aliphatic rings. The normalized spacial score (nSPS) is 11.8. The summed E-state index contributed by atoms with van der Waals surface area (Å²) < 4.78 is 56.2. The van der Waals surface area contributed by atoms with E-state index >= 15 is 0 Å². The molecule has 28 heavy (non-hydrogen) atoms. The standard InChI is InChI=1S/C21H15F4N3/c1-14(15-7-3-2-4-8-15)13-28(21-18(24)11-6-12-19(21)25)27-26-20-16(22)9-5-10-17(20)23/h2-13H,1H3/b14-13+,27-26+. The lowest BCUT2D eigenvalue weighted by Crippen LogP contribution is -2.11. The van der Waals surface area contributed by atoms with Crippen molar-refractivity contribution in [3.8, 4) is 0 Å². The molecule has 0 saturated carbocycles. The SMILES string of the molecule is C/C(=C\N(/N=N/c1c(F)cccc1F)c1c(F)cccc1F)c1ccccc1. The van der Waals surface area contributed by atoms with Crippen LogP contribution in [0.25, 0.3) is 5.57 Å². The van der Waals surface area contributed by atoms with Crippen molar-refractivity contribution in [3.63, 3.8) is 0 Å². The average Bonchev–Trinajstić information content (AvgIpc) is 2.67. The van der Waals surface area contributed by atoms with Crippen molar-refractivity contribution < 1.29 is 17.6 Å². The molecule has 3 aromatic rings. The van der Waals surface area contributed by atoms with Gasteiger partial charge in [-0.1, -0.05) is 47.7 Å². The number of anilines is 1. The number of para-hydroxylation sites is 1. The Hall–Kier alpha value is -3.48. The first-order valence-corrected chi connectivity index (χ1v) is 8.30. The molecule has 0 N–H and O–H groups in total. The van der Waals surface area contributed by atoms with Crippen molar-refractivity contribution in [2.45, 2.75) is 6.92 Å². The van der Waals surface area contributed by atoms with Crippen LogP contribution in [0.3, 0.4) is 0 Å². The molecule has 0 aliphatic heterocycles. The highest BCUT2D eigenvalue weighted by Gasteiger charge is 2.16. The Morgan fingerprint density at radius 2 is 1.29 bits per heavy atom. The lowest BCUT2D eigenvalue weighted by Gasteiger charge is -2.16. The van der Waals surface area contributed by atoms with Crippen LogP contribution in [-0.4, -0.2) is 0 Å². The Morgan fingerprint density at radius 3 is 1.86 bits per heavy atom. The van der Waals surface area contributed by atoms with Gasteiger partial charge in [0.25, 0.3) is 0 Å². The number of hydrogen-bond acceptors (Lipinski definition) is 2. The van der Waals surface area contributed by atoms with Crippen molar-refractivity contribution >= 4 is 16.9 Å². The van der Waals surface area contributed by atoms with E-state index in [4.69, 9.17) is 0 Å². The van der Waals surface area contributed by atoms with E-state index in [9.17, 15) is 17.6 Å². The number of benzene rings is 3. The maximum absolute atomic E-state index is 14.3. The second-order valence-corrected chi connectivity index (χ2v) is 5.85. The number of rotatable bonds is 5. The van der Waals surface area contributed by atoms with Crippen LogP contribution in [0, 0.1) is 23.3 Å². The maximum Gasteiger partial charge on any atom is 0.159 e. The lowest BCUT2D eigenvalue weighted by atomic mass is 10.1. The highest BCUT2D eigenvalue weighted by Crippen LogP contribution is 2.28. The van der Waals surface area contributed by atoms with Gasteiger partial charge in [0.05, 0.1) is 0 Å². The van der Waals surface area contributed by atoms with Gasteiger partial charge >= 0.3 is 0 Å². The third kappa shape index (κ3) is 4.25. The summed E-state index contributed by atoms with van der Waals surface area (Å²) in [6.07, 6.45) is 1.33. The van der Waals surface area contributed by atoms with Gasteiger partial charge in [-0.25, -0.2) is 22.6 Å². The first kappa shape index (κ1) is 19.3. The summed E-state index contributed by atoms with van der Waals surface area (Å²) in [5.41, 5.74) is 0.209. The molecule has 0 unspecified atom stereocenters. The quantitative estimate of drug-likeness (QED) is 0.269. The van der Waals surface area contributed by atoms with Gasteiger partial charge in [-0.05, 0) is 42.3 Å². The average molecular weight is 385 g/mol. The van der Waals surface area contributed by atoms with Crippen molar-refractivity contribution in [2.24, 2.45) is 10.3 Å². The zero-order valence-corrected chi connectivity index (χ0v) is 14.8. The van der Waals surface area contributed by atoms with Gasteiger partial charge in [-0.3, -0.25) is 0 Å². The molecule has 3 nitrogen and oxygen atoms in total. The van der Waals surface area contributed by atoms with Gasteiger partial charge < -0.3 is 0 Å². The molecule has 7 heteroatoms. The molecule has 3 rings (SSSR count). The topological polar surface area (TPSA) is 28.0 Å². The molecule has 0 heterocycles. The van der Waals surface area contributed by atoms with Gasteiger partial charge in [-0.15, -0.1) is 5.11 Å². The number of hydrogen-bond donors (Lipinski definition) is 0. The molecule has 0 bridgehead atoms. The summed E-state index contributed by atoms with van der Waals surface area (Å²) in [7, 11) is 0. The summed E-state index contributed by atoms with van der Waals surface area (Å²) in [5, 5.41) is 8.05. The summed E-state index contributed by atoms with van der Waals surface area (Å²) in [5.74, 6) is -3.68. The molecule has 3 aromatic carbocycles. The molecule has 0 aromatic heterocycles. The number of nitrogens with zero attached hydrogens (tertiary/aromatic N) is 3. The van der Waals surface area contributed by atoms with Gasteiger partial charge in [0, 0.05) is 6.20 Å². The molecule has 0 saturated heterocycles. The second kappa shape index (κ2) is 8.47. The molecule has 0 amide bonds. The lowest BCUT2D eigenvalue weighted by molar-refractivity contribution is 0.575. The first-order valence-electron chi connectivity index (χ1n) is 8.30. The van der Waals surface area contributed by atoms with Crippen molar-refractivity contribution in [1.29, 1.82) is 0 Å². The van der Waals surface area contributed by atoms with E-state index in [1.54, 1.807) is 31.2 Å². The van der Waals surface area contributed by atoms with E-state index < -0.39 is 34.6 Å². The van der Waals surface area contributed by atoms with Crippen LogP contribution >= 0.6 is 0 Å². The molecule has 0 aliphatic carbocycles. The Kier molecular flexibility index (Phi) is 5.84. The predicted molar refractivity (Wildman–Crippen MR) is 99.8 cm³/mol. The molecular weight excluding hydrogens is 370 g/mol. The zero-order valence-electron chi connectivity index (χ0n) is 14.8. The molecule has 0 fully saturated rings. The fraction of sp³-hybridized carbons (Fsp3) is 0.0476. The van der Waals surface area contributed by atoms with Crippen LogP contribution in [0.15, 0.2) is 83.3 Å². The minimum absolute atomic E-state index is 0.515. The minimum Gasteiger partial charge on any atom is -0.216 e. The third-order valence-electron chi connectivity index (χ3n) is 3.89. The molecule has 142 valence electrons. The largest absolute Gasteiger partial charge is 0.216 e. The predicted octanol–water partition coefficient (Wildman–Crippen LogP) is 6.81. The van der Waals surface area contributed by atoms with Crippen LogP contribution in [0.1, 0.15) is 12.5 Å². The van der Waals surface area contributed by atoms with Crippen LogP contribution < -0.4 is 5.01 Å². The van der Waals surface area contributed by atoms with Crippen molar-refractivity contribution in [1.82, 2.24) is 0 Å². The Morgan fingerprint density at radius 1 is 0.750 bits per heavy atom. The third-order valence-corrected chi connectivity index (χ3v) is 3.89. The highest BCUT2D eigenvalue weighted by molar-refractivity contribution is 5.67. The number of allylic oxidation sites excluding steroid dienone is 1. The van der Waals surface area contributed by atoms with Crippen LogP contribution in [0.5, 0.6) is 0 Å². The van der Waals surface area contributed by atoms with Gasteiger partial charge in [0.1, 0.15) is 5.69 Å². The zero-order chi connectivity index (χ0) is 20.1. The van der Waals surface area contributed by atoms with E-state index in [1.165, 1.54) is 18.3 Å². The van der Waals surface area contributed by atoms with E-state index in [1.807, 2.05) is 6.07 Å². The summed E-state index contributed by atoms with van der Waals surface area (Å²) in [4.78, 5) is 0. The van der Waals surface area contributed by atoms with Gasteiger partial charge in [0.2, 0.25) is 0 Å². The fourth-order valence-corrected chi connectivity index (χ4v) is 2.48. The van der Waals surface area contributed by atoms with Gasteiger partial charge in [-0.2, -0.15) is 0 Å². The molecular formula is C21H15F4N3. The Balaban J connectivity index is 2.09. The minimum atomic E-state index is -0.943. The molecule has 0 atom stereocenters. The van der Waals surface area contributed by atoms with Crippen LogP contribution in [0.4, 0.5) is 28.9 Å². The van der Waals surface area contributed by atoms with E-state index in [0.29, 0.717) is 5.57 Å². The summed E-state index contributed by atoms with van der Waals surface area (Å²) in [6, 6.07) is 15.5. The van der Waals surface area contributed by atoms with Gasteiger partial charge in [0.15, 0.2) is 29.0 Å². The monoisotopic (exact) mass is 385 g/mol. The number of halogens is 4. The Bertz CT molecular complexity index is 993. The highest BCUT2D eigenvalue weighted by atomic mass is 19.1. The van der Waals surface area contributed by atoms with Crippen molar-refractivity contribution in [2.75, 3.05) is 5.01 Å². The molecule has 0 radical (unpaired) electrons.